The third-order valence-corrected chi connectivity index (χ3v) is 4.79. The summed E-state index contributed by atoms with van der Waals surface area (Å²) in [5.74, 6) is 1.36. The smallest absolute Gasteiger partial charge is 0.227 e. The lowest BCUT2D eigenvalue weighted by Gasteiger charge is -2.35. The van der Waals surface area contributed by atoms with E-state index in [0.717, 1.165) is 54.2 Å². The molecule has 0 radical (unpaired) electrons. The van der Waals surface area contributed by atoms with Gasteiger partial charge in [0.1, 0.15) is 11.4 Å². The Labute approximate surface area is 153 Å². The van der Waals surface area contributed by atoms with E-state index in [1.807, 2.05) is 42.6 Å². The Balaban J connectivity index is 1.69. The zero-order chi connectivity index (χ0) is 17.9. The molecule has 1 N–H and O–H groups in total. The largest absolute Gasteiger partial charge is 0.494 e. The molecule has 2 heterocycles. The van der Waals surface area contributed by atoms with E-state index in [4.69, 9.17) is 4.74 Å². The summed E-state index contributed by atoms with van der Waals surface area (Å²) in [6.07, 6.45) is 1.84. The molecule has 0 spiro atoms. The summed E-state index contributed by atoms with van der Waals surface area (Å²) in [4.78, 5) is 13.8. The number of nitrogens with one attached hydrogen (secondary N) is 1. The average molecular weight is 349 g/mol. The maximum Gasteiger partial charge on any atom is 0.227 e. The minimum Gasteiger partial charge on any atom is -0.494 e. The monoisotopic (exact) mass is 349 g/mol. The molecular weight excluding hydrogens is 326 g/mol. The zero-order valence-corrected chi connectivity index (χ0v) is 15.1. The van der Waals surface area contributed by atoms with Crippen LogP contribution in [0.1, 0.15) is 0 Å². The van der Waals surface area contributed by atoms with E-state index in [1.54, 1.807) is 7.11 Å². The van der Waals surface area contributed by atoms with Crippen LogP contribution in [0.3, 0.4) is 0 Å². The summed E-state index contributed by atoms with van der Waals surface area (Å²) in [6.45, 7) is 4.06. The van der Waals surface area contributed by atoms with Crippen LogP contribution in [0.2, 0.25) is 0 Å². The van der Waals surface area contributed by atoms with E-state index in [2.05, 4.69) is 38.2 Å². The van der Waals surface area contributed by atoms with Crippen molar-refractivity contribution >= 4 is 28.2 Å². The first-order valence-electron chi connectivity index (χ1n) is 8.84. The highest BCUT2D eigenvalue weighted by molar-refractivity contribution is 5.82. The minimum atomic E-state index is 0.573. The third kappa shape index (κ3) is 3.28. The second-order valence-corrected chi connectivity index (χ2v) is 6.52. The van der Waals surface area contributed by atoms with Crippen molar-refractivity contribution in [2.45, 2.75) is 0 Å². The molecule has 0 saturated carbocycles. The van der Waals surface area contributed by atoms with Crippen LogP contribution >= 0.6 is 0 Å². The molecule has 6 heteroatoms. The van der Waals surface area contributed by atoms with Gasteiger partial charge in [0.15, 0.2) is 0 Å². The van der Waals surface area contributed by atoms with Gasteiger partial charge < -0.3 is 19.9 Å². The van der Waals surface area contributed by atoms with Gasteiger partial charge >= 0.3 is 0 Å². The summed E-state index contributed by atoms with van der Waals surface area (Å²) < 4.78 is 5.60. The Morgan fingerprint density at radius 3 is 2.62 bits per heavy atom. The molecule has 3 aromatic rings. The molecule has 0 aliphatic carbocycles. The highest BCUT2D eigenvalue weighted by Gasteiger charge is 2.20. The Morgan fingerprint density at radius 2 is 1.81 bits per heavy atom. The van der Waals surface area contributed by atoms with Crippen molar-refractivity contribution in [2.24, 2.45) is 0 Å². The van der Waals surface area contributed by atoms with Crippen molar-refractivity contribution in [3.05, 3.63) is 48.7 Å². The third-order valence-electron chi connectivity index (χ3n) is 4.79. The van der Waals surface area contributed by atoms with Crippen molar-refractivity contribution in [1.82, 2.24) is 14.9 Å². The maximum absolute atomic E-state index is 5.60. The first-order chi connectivity index (χ1) is 12.7. The number of rotatable bonds is 4. The van der Waals surface area contributed by atoms with Crippen molar-refractivity contribution in [3.8, 4) is 5.75 Å². The molecule has 0 atom stereocenters. The summed E-state index contributed by atoms with van der Waals surface area (Å²) in [6, 6.07) is 14.1. The topological polar surface area (TPSA) is 53.5 Å². The summed E-state index contributed by atoms with van der Waals surface area (Å²) in [5.41, 5.74) is 2.95. The fraction of sp³-hybridized carbons (Fsp3) is 0.300. The van der Waals surface area contributed by atoms with Crippen LogP contribution in [-0.4, -0.2) is 55.2 Å². The van der Waals surface area contributed by atoms with Gasteiger partial charge in [-0.1, -0.05) is 24.3 Å². The average Bonchev–Trinajstić information content (AvgIpc) is 2.69. The van der Waals surface area contributed by atoms with Crippen LogP contribution in [0.15, 0.2) is 48.7 Å². The molecule has 1 aromatic heterocycles. The Hall–Kier alpha value is -2.86. The van der Waals surface area contributed by atoms with E-state index in [1.165, 1.54) is 0 Å². The predicted molar refractivity (Wildman–Crippen MR) is 106 cm³/mol. The first kappa shape index (κ1) is 16.6. The van der Waals surface area contributed by atoms with Crippen molar-refractivity contribution in [2.75, 3.05) is 50.6 Å². The molecule has 0 amide bonds. The van der Waals surface area contributed by atoms with E-state index in [9.17, 15) is 0 Å². The molecule has 0 unspecified atom stereocenters. The predicted octanol–water partition coefficient (Wildman–Crippen LogP) is 3.13. The highest BCUT2D eigenvalue weighted by atomic mass is 16.5. The van der Waals surface area contributed by atoms with E-state index in [0.29, 0.717) is 5.95 Å². The van der Waals surface area contributed by atoms with Gasteiger partial charge in [0.05, 0.1) is 18.3 Å². The van der Waals surface area contributed by atoms with E-state index in [-0.39, 0.29) is 0 Å². The molecule has 4 rings (SSSR count). The molecule has 1 fully saturated rings. The van der Waals surface area contributed by atoms with Crippen LogP contribution in [0, 0.1) is 0 Å². The number of anilines is 3. The van der Waals surface area contributed by atoms with E-state index < -0.39 is 0 Å². The standard InChI is InChI=1S/C20H23N5O/c1-24-10-12-25(13-11-24)17-8-5-9-18(26-2)19(17)23-20-21-14-15-6-3-4-7-16(15)22-20/h3-9,14H,10-13H2,1-2H3,(H,21,22,23). The number of likely N-dealkylation sites (N-methyl/N-ethyl adjacent to an activating group) is 1. The van der Waals surface area contributed by atoms with Gasteiger partial charge in [-0.05, 0) is 25.2 Å². The number of nitrogens with zero attached hydrogens (tertiary/aromatic N) is 4. The molecule has 134 valence electrons. The summed E-state index contributed by atoms with van der Waals surface area (Å²) >= 11 is 0. The maximum atomic E-state index is 5.60. The number of para-hydroxylation sites is 2. The molecule has 1 aliphatic heterocycles. The highest BCUT2D eigenvalue weighted by Crippen LogP contribution is 2.37. The van der Waals surface area contributed by atoms with Crippen molar-refractivity contribution < 1.29 is 4.74 Å². The summed E-state index contributed by atoms with van der Waals surface area (Å²) in [7, 11) is 3.85. The van der Waals surface area contributed by atoms with Crippen LogP contribution in [0.25, 0.3) is 10.9 Å². The lowest BCUT2D eigenvalue weighted by molar-refractivity contribution is 0.313. The molecule has 6 nitrogen and oxygen atoms in total. The fourth-order valence-electron chi connectivity index (χ4n) is 3.27. The minimum absolute atomic E-state index is 0.573. The molecule has 26 heavy (non-hydrogen) atoms. The van der Waals surface area contributed by atoms with Gasteiger partial charge in [0.25, 0.3) is 0 Å². The van der Waals surface area contributed by atoms with Gasteiger partial charge in [-0.15, -0.1) is 0 Å². The summed E-state index contributed by atoms with van der Waals surface area (Å²) in [5, 5.41) is 4.42. The zero-order valence-electron chi connectivity index (χ0n) is 15.1. The number of hydrogen-bond donors (Lipinski definition) is 1. The Bertz CT molecular complexity index is 906. The van der Waals surface area contributed by atoms with Crippen LogP contribution < -0.4 is 15.0 Å². The Morgan fingerprint density at radius 1 is 1.00 bits per heavy atom. The number of benzene rings is 2. The normalized spacial score (nSPS) is 15.2. The number of fused-ring (bicyclic) bond motifs is 1. The van der Waals surface area contributed by atoms with Gasteiger partial charge in [0, 0.05) is 37.8 Å². The van der Waals surface area contributed by atoms with Crippen molar-refractivity contribution in [1.29, 1.82) is 0 Å². The molecule has 0 bridgehead atoms. The van der Waals surface area contributed by atoms with Crippen LogP contribution in [0.4, 0.5) is 17.3 Å². The van der Waals surface area contributed by atoms with Gasteiger partial charge in [-0.3, -0.25) is 0 Å². The molecule has 1 saturated heterocycles. The lowest BCUT2D eigenvalue weighted by Crippen LogP contribution is -2.44. The van der Waals surface area contributed by atoms with Crippen molar-refractivity contribution in [3.63, 3.8) is 0 Å². The number of ether oxygens (including phenoxy) is 1. The number of aromatic nitrogens is 2. The van der Waals surface area contributed by atoms with E-state index >= 15 is 0 Å². The molecule has 2 aromatic carbocycles. The van der Waals surface area contributed by atoms with Gasteiger partial charge in [-0.25, -0.2) is 9.97 Å². The van der Waals surface area contributed by atoms with Gasteiger partial charge in [-0.2, -0.15) is 0 Å². The molecule has 1 aliphatic rings. The van der Waals surface area contributed by atoms with Crippen LogP contribution in [-0.2, 0) is 0 Å². The first-order valence-corrected chi connectivity index (χ1v) is 8.84. The number of methoxy groups -OCH3 is 1. The number of piperazine rings is 1. The van der Waals surface area contributed by atoms with Gasteiger partial charge in [0.2, 0.25) is 5.95 Å². The van der Waals surface area contributed by atoms with Crippen LogP contribution in [0.5, 0.6) is 5.75 Å². The SMILES string of the molecule is COc1cccc(N2CCN(C)CC2)c1Nc1ncc2ccccc2n1. The second-order valence-electron chi connectivity index (χ2n) is 6.52. The quantitative estimate of drug-likeness (QED) is 0.781. The lowest BCUT2D eigenvalue weighted by atomic mass is 10.2. The number of hydrogen-bond acceptors (Lipinski definition) is 6. The Kier molecular flexibility index (Phi) is 4.58. The second kappa shape index (κ2) is 7.17. The fourth-order valence-corrected chi connectivity index (χ4v) is 3.27. The molecular formula is C20H23N5O.